The second kappa shape index (κ2) is 12.3. The maximum atomic E-state index is 10.4. The zero-order valence-electron chi connectivity index (χ0n) is 13.3. The van der Waals surface area contributed by atoms with Crippen molar-refractivity contribution >= 4 is 21.9 Å². The number of halogens is 1. The number of epoxide rings is 1. The highest BCUT2D eigenvalue weighted by atomic mass is 79.9. The molecule has 0 aromatic heterocycles. The van der Waals surface area contributed by atoms with Crippen LogP contribution >= 0.6 is 15.9 Å². The molecule has 0 bridgehead atoms. The Hall–Kier alpha value is -1.09. The van der Waals surface area contributed by atoms with Crippen molar-refractivity contribution in [2.75, 3.05) is 0 Å². The molecular formula is C18H25BrO4. The van der Waals surface area contributed by atoms with Crippen molar-refractivity contribution in [1.29, 1.82) is 0 Å². The Labute approximate surface area is 146 Å². The summed E-state index contributed by atoms with van der Waals surface area (Å²) in [5.41, 5.74) is 0. The first-order valence-corrected chi connectivity index (χ1v) is 8.92. The zero-order chi connectivity index (χ0) is 16.9. The van der Waals surface area contributed by atoms with E-state index in [1.807, 2.05) is 18.2 Å². The summed E-state index contributed by atoms with van der Waals surface area (Å²) in [6, 6.07) is 0. The van der Waals surface area contributed by atoms with Gasteiger partial charge in [0, 0.05) is 22.4 Å². The third-order valence-electron chi connectivity index (χ3n) is 3.66. The number of aliphatic hydroxyl groups is 1. The second-order valence-corrected chi connectivity index (χ2v) is 6.06. The number of carboxylic acid groups (broad SMARTS) is 1. The maximum absolute atomic E-state index is 10.4. The highest BCUT2D eigenvalue weighted by Crippen LogP contribution is 2.27. The van der Waals surface area contributed by atoms with Gasteiger partial charge in [0.25, 0.3) is 0 Å². The fraction of sp³-hybridized carbons (Fsp3) is 0.611. The molecule has 0 saturated carbocycles. The molecule has 1 saturated heterocycles. The molecule has 0 spiro atoms. The van der Waals surface area contributed by atoms with E-state index < -0.39 is 12.1 Å². The predicted octanol–water partition coefficient (Wildman–Crippen LogP) is 3.79. The van der Waals surface area contributed by atoms with Crippen LogP contribution in [0.3, 0.4) is 0 Å². The number of rotatable bonds is 12. The van der Waals surface area contributed by atoms with Crippen molar-refractivity contribution in [3.05, 3.63) is 24.3 Å². The van der Waals surface area contributed by atoms with E-state index in [9.17, 15) is 9.90 Å². The Morgan fingerprint density at radius 3 is 2.74 bits per heavy atom. The highest BCUT2D eigenvalue weighted by molar-refractivity contribution is 9.12. The van der Waals surface area contributed by atoms with E-state index in [0.29, 0.717) is 0 Å². The Kier molecular flexibility index (Phi) is 10.7. The van der Waals surface area contributed by atoms with Crippen LogP contribution in [0.5, 0.6) is 0 Å². The molecule has 1 aliphatic rings. The van der Waals surface area contributed by atoms with E-state index in [4.69, 9.17) is 9.84 Å². The first-order valence-electron chi connectivity index (χ1n) is 8.13. The zero-order valence-corrected chi connectivity index (χ0v) is 14.9. The van der Waals surface area contributed by atoms with Crippen molar-refractivity contribution in [2.24, 2.45) is 0 Å². The average molecular weight is 385 g/mol. The Morgan fingerprint density at radius 2 is 2.00 bits per heavy atom. The molecule has 23 heavy (non-hydrogen) atoms. The Balaban J connectivity index is 1.98. The number of carbonyl (C=O) groups is 1. The van der Waals surface area contributed by atoms with E-state index in [1.165, 1.54) is 0 Å². The van der Waals surface area contributed by atoms with Crippen molar-refractivity contribution < 1.29 is 19.7 Å². The van der Waals surface area contributed by atoms with Crippen LogP contribution in [0.25, 0.3) is 0 Å². The van der Waals surface area contributed by atoms with Gasteiger partial charge in [0.05, 0.1) is 12.2 Å². The number of unbranched alkanes of at least 4 members (excludes halogenated alkanes) is 4. The molecule has 0 aromatic rings. The van der Waals surface area contributed by atoms with Crippen LogP contribution in [0.4, 0.5) is 0 Å². The number of aliphatic carboxylic acids is 1. The van der Waals surface area contributed by atoms with Gasteiger partial charge in [0.2, 0.25) is 0 Å². The quantitative estimate of drug-likeness (QED) is 0.232. The summed E-state index contributed by atoms with van der Waals surface area (Å²) in [7, 11) is 0. The Morgan fingerprint density at radius 1 is 1.26 bits per heavy atom. The summed E-state index contributed by atoms with van der Waals surface area (Å²) in [6.45, 7) is 0. The average Bonchev–Trinajstić information content (AvgIpc) is 3.27. The van der Waals surface area contributed by atoms with Crippen molar-refractivity contribution in [3.63, 3.8) is 0 Å². The van der Waals surface area contributed by atoms with E-state index in [-0.39, 0.29) is 18.6 Å². The lowest BCUT2D eigenvalue weighted by Crippen LogP contribution is -2.02. The first-order chi connectivity index (χ1) is 11.1. The van der Waals surface area contributed by atoms with E-state index in [0.717, 1.165) is 44.9 Å². The fourth-order valence-electron chi connectivity index (χ4n) is 2.30. The van der Waals surface area contributed by atoms with Gasteiger partial charge in [-0.2, -0.15) is 0 Å². The lowest BCUT2D eigenvalue weighted by Gasteiger charge is -2.05. The molecule has 1 aliphatic heterocycles. The number of hydrogen-bond acceptors (Lipinski definition) is 3. The summed E-state index contributed by atoms with van der Waals surface area (Å²) in [4.78, 5) is 13.0. The molecule has 3 atom stereocenters. The van der Waals surface area contributed by atoms with Crippen LogP contribution < -0.4 is 0 Å². The van der Waals surface area contributed by atoms with Crippen molar-refractivity contribution in [2.45, 2.75) is 69.7 Å². The van der Waals surface area contributed by atoms with Crippen LogP contribution in [-0.4, -0.2) is 34.5 Å². The molecule has 0 amide bonds. The number of ether oxygens (including phenoxy) is 1. The second-order valence-electron chi connectivity index (χ2n) is 5.67. The molecule has 0 aliphatic carbocycles. The molecule has 128 valence electrons. The van der Waals surface area contributed by atoms with Crippen LogP contribution in [-0.2, 0) is 9.53 Å². The minimum atomic E-state index is -0.724. The van der Waals surface area contributed by atoms with Gasteiger partial charge in [0.1, 0.15) is 6.10 Å². The summed E-state index contributed by atoms with van der Waals surface area (Å²) >= 11 is 3.02. The molecule has 0 radical (unpaired) electrons. The van der Waals surface area contributed by atoms with Gasteiger partial charge >= 0.3 is 5.97 Å². The predicted molar refractivity (Wildman–Crippen MR) is 94.2 cm³/mol. The van der Waals surface area contributed by atoms with Gasteiger partial charge in [-0.3, -0.25) is 4.79 Å². The van der Waals surface area contributed by atoms with Crippen molar-refractivity contribution in [1.82, 2.24) is 0 Å². The number of allylic oxidation sites excluding steroid dienone is 1. The normalized spacial score (nSPS) is 21.3. The van der Waals surface area contributed by atoms with E-state index >= 15 is 0 Å². The molecule has 1 heterocycles. The molecule has 2 N–H and O–H groups in total. The van der Waals surface area contributed by atoms with Crippen LogP contribution in [0.15, 0.2) is 24.3 Å². The summed E-state index contributed by atoms with van der Waals surface area (Å²) in [5.74, 6) is 2.06. The van der Waals surface area contributed by atoms with Gasteiger partial charge in [-0.05, 0) is 30.2 Å². The number of aliphatic hydroxyl groups excluding tert-OH is 1. The smallest absolute Gasteiger partial charge is 0.303 e. The first kappa shape index (κ1) is 20.0. The van der Waals surface area contributed by atoms with Gasteiger partial charge < -0.3 is 14.9 Å². The van der Waals surface area contributed by atoms with Crippen LogP contribution in [0.1, 0.15) is 51.4 Å². The molecular weight excluding hydrogens is 360 g/mol. The number of carboxylic acids is 1. The van der Waals surface area contributed by atoms with Crippen molar-refractivity contribution in [3.8, 4) is 10.8 Å². The maximum Gasteiger partial charge on any atom is 0.303 e. The van der Waals surface area contributed by atoms with Gasteiger partial charge in [-0.25, -0.2) is 0 Å². The molecule has 1 fully saturated rings. The third-order valence-corrected chi connectivity index (χ3v) is 3.89. The molecule has 0 unspecified atom stereocenters. The lowest BCUT2D eigenvalue weighted by atomic mass is 10.1. The van der Waals surface area contributed by atoms with Gasteiger partial charge in [-0.1, -0.05) is 49.8 Å². The largest absolute Gasteiger partial charge is 0.481 e. The molecule has 5 heteroatoms. The van der Waals surface area contributed by atoms with E-state index in [1.54, 1.807) is 6.08 Å². The third kappa shape index (κ3) is 11.1. The lowest BCUT2D eigenvalue weighted by molar-refractivity contribution is -0.137. The SMILES string of the molecule is O=C(O)CCCCCCC[C@@H](O)/C=C/[C@@H]1O[C@H]1C/C=C\C#CBr. The number of hydrogen-bond donors (Lipinski definition) is 2. The Bertz CT molecular complexity index is 461. The van der Waals surface area contributed by atoms with E-state index in [2.05, 4.69) is 26.7 Å². The topological polar surface area (TPSA) is 70.1 Å². The molecule has 1 rings (SSSR count). The standard InChI is InChI=1S/C18H25BrO4/c19-14-8-4-6-10-16-17(23-16)13-12-15(20)9-5-2-1-3-7-11-18(21)22/h4,6,12-13,15-17,20H,1-3,5,7,9-11H2,(H,21,22)/b6-4-,13-12+/t15-,16+,17+/m1/s1. The highest BCUT2D eigenvalue weighted by Gasteiger charge is 2.34. The summed E-state index contributed by atoms with van der Waals surface area (Å²) in [6.07, 6.45) is 14.0. The van der Waals surface area contributed by atoms with Gasteiger partial charge in [0.15, 0.2) is 0 Å². The minimum Gasteiger partial charge on any atom is -0.481 e. The van der Waals surface area contributed by atoms with Gasteiger partial charge in [-0.15, -0.1) is 0 Å². The fourth-order valence-corrected chi connectivity index (χ4v) is 2.43. The van der Waals surface area contributed by atoms with Crippen LogP contribution in [0, 0.1) is 10.8 Å². The summed E-state index contributed by atoms with van der Waals surface area (Å²) in [5, 5.41) is 18.4. The minimum absolute atomic E-state index is 0.113. The summed E-state index contributed by atoms with van der Waals surface area (Å²) < 4.78 is 5.48. The molecule has 0 aromatic carbocycles. The van der Waals surface area contributed by atoms with Crippen LogP contribution in [0.2, 0.25) is 0 Å². The molecule has 4 nitrogen and oxygen atoms in total. The monoisotopic (exact) mass is 384 g/mol.